The van der Waals surface area contributed by atoms with Crippen LogP contribution in [0, 0.1) is 10.1 Å². The van der Waals surface area contributed by atoms with Gasteiger partial charge in [-0.1, -0.05) is 36.4 Å². The van der Waals surface area contributed by atoms with Gasteiger partial charge in [0.05, 0.1) is 10.6 Å². The highest BCUT2D eigenvalue weighted by Gasteiger charge is 2.13. The summed E-state index contributed by atoms with van der Waals surface area (Å²) < 4.78 is 0. The number of hydrogen-bond acceptors (Lipinski definition) is 4. The number of para-hydroxylation sites is 2. The Morgan fingerprint density at radius 2 is 1.30 bits per heavy atom. The van der Waals surface area contributed by atoms with Crippen LogP contribution in [-0.4, -0.2) is 16.7 Å². The van der Waals surface area contributed by atoms with Crippen molar-refractivity contribution >= 4 is 34.5 Å². The van der Waals surface area contributed by atoms with Crippen molar-refractivity contribution in [2.75, 3.05) is 10.6 Å². The third-order valence-electron chi connectivity index (χ3n) is 3.58. The lowest BCUT2D eigenvalue weighted by Crippen LogP contribution is -2.29. The van der Waals surface area contributed by atoms with Crippen LogP contribution in [0.3, 0.4) is 0 Å². The van der Waals surface area contributed by atoms with E-state index in [9.17, 15) is 14.9 Å². The lowest BCUT2D eigenvalue weighted by Gasteiger charge is -2.11. The highest BCUT2D eigenvalue weighted by molar-refractivity contribution is 6.46. The van der Waals surface area contributed by atoms with Crippen molar-refractivity contribution in [3.8, 4) is 0 Å². The van der Waals surface area contributed by atoms with Crippen molar-refractivity contribution in [3.63, 3.8) is 0 Å². The van der Waals surface area contributed by atoms with Crippen molar-refractivity contribution < 1.29 is 9.72 Å². The van der Waals surface area contributed by atoms with Gasteiger partial charge in [-0.25, -0.2) is 4.99 Å². The molecule has 0 fully saturated rings. The predicted molar refractivity (Wildman–Crippen MR) is 105 cm³/mol. The fraction of sp³-hybridized carbons (Fsp3) is 0. The van der Waals surface area contributed by atoms with E-state index in [-0.39, 0.29) is 11.5 Å². The molecule has 0 saturated carbocycles. The summed E-state index contributed by atoms with van der Waals surface area (Å²) in [6.45, 7) is 0. The highest BCUT2D eigenvalue weighted by Crippen LogP contribution is 2.19. The lowest BCUT2D eigenvalue weighted by molar-refractivity contribution is -0.384. The zero-order valence-electron chi connectivity index (χ0n) is 14.2. The van der Waals surface area contributed by atoms with E-state index in [4.69, 9.17) is 0 Å². The summed E-state index contributed by atoms with van der Waals surface area (Å²) in [5.41, 5.74) is 1.71. The van der Waals surface area contributed by atoms with E-state index in [1.807, 2.05) is 36.4 Å². The number of nitrogens with zero attached hydrogens (tertiary/aromatic N) is 2. The topological polar surface area (TPSA) is 96.6 Å². The minimum Gasteiger partial charge on any atom is -0.336 e. The second-order valence-corrected chi connectivity index (χ2v) is 5.55. The Labute approximate surface area is 155 Å². The van der Waals surface area contributed by atoms with Gasteiger partial charge in [0.25, 0.3) is 11.6 Å². The number of nitro groups is 1. The van der Waals surface area contributed by atoms with E-state index >= 15 is 0 Å². The third-order valence-corrected chi connectivity index (χ3v) is 3.58. The summed E-state index contributed by atoms with van der Waals surface area (Å²) in [6.07, 6.45) is 0. The zero-order valence-corrected chi connectivity index (χ0v) is 14.2. The van der Waals surface area contributed by atoms with Gasteiger partial charge in [-0.15, -0.1) is 0 Å². The molecule has 7 nitrogen and oxygen atoms in total. The Balaban J connectivity index is 1.88. The number of hydrogen-bond donors (Lipinski definition) is 2. The van der Waals surface area contributed by atoms with Gasteiger partial charge < -0.3 is 10.6 Å². The smallest absolute Gasteiger partial charge is 0.291 e. The molecule has 2 N–H and O–H groups in total. The van der Waals surface area contributed by atoms with Crippen LogP contribution >= 0.6 is 0 Å². The van der Waals surface area contributed by atoms with Crippen molar-refractivity contribution in [3.05, 3.63) is 95.0 Å². The fourth-order valence-electron chi connectivity index (χ4n) is 2.28. The van der Waals surface area contributed by atoms with Crippen LogP contribution in [0.5, 0.6) is 0 Å². The van der Waals surface area contributed by atoms with Crippen LogP contribution in [0.4, 0.5) is 22.7 Å². The number of rotatable bonds is 4. The molecule has 0 spiro atoms. The first-order valence-electron chi connectivity index (χ1n) is 8.13. The van der Waals surface area contributed by atoms with Crippen LogP contribution in [0.15, 0.2) is 89.9 Å². The van der Waals surface area contributed by atoms with Crippen LogP contribution < -0.4 is 10.6 Å². The van der Waals surface area contributed by atoms with Gasteiger partial charge in [0.15, 0.2) is 5.84 Å². The number of nitrogens with one attached hydrogen (secondary N) is 2. The summed E-state index contributed by atoms with van der Waals surface area (Å²) in [6, 6.07) is 23.8. The standard InChI is InChI=1S/C20H16N4O3/c25-20(23-16-9-5-2-6-10-16)19(21-15-7-3-1-4-8-15)22-17-11-13-18(14-12-17)24(26)27/h1-14H,(H,21,22)(H,23,25). The molecular formula is C20H16N4O3. The van der Waals surface area contributed by atoms with E-state index in [1.165, 1.54) is 24.3 Å². The number of aliphatic imine (C=N–C) groups is 1. The molecule has 0 aromatic heterocycles. The zero-order chi connectivity index (χ0) is 19.1. The molecule has 0 aliphatic carbocycles. The van der Waals surface area contributed by atoms with Gasteiger partial charge in [-0.3, -0.25) is 14.9 Å². The van der Waals surface area contributed by atoms with Crippen LogP contribution in [0.1, 0.15) is 0 Å². The second-order valence-electron chi connectivity index (χ2n) is 5.55. The van der Waals surface area contributed by atoms with E-state index in [2.05, 4.69) is 15.6 Å². The third kappa shape index (κ3) is 4.99. The maximum atomic E-state index is 12.7. The number of benzene rings is 3. The van der Waals surface area contributed by atoms with E-state index in [0.29, 0.717) is 17.1 Å². The summed E-state index contributed by atoms with van der Waals surface area (Å²) in [7, 11) is 0. The maximum Gasteiger partial charge on any atom is 0.291 e. The molecule has 134 valence electrons. The minimum absolute atomic E-state index is 0.0414. The van der Waals surface area contributed by atoms with E-state index < -0.39 is 10.8 Å². The first-order chi connectivity index (χ1) is 13.1. The number of non-ortho nitro benzene ring substituents is 1. The molecule has 0 saturated heterocycles. The van der Waals surface area contributed by atoms with Crippen molar-refractivity contribution in [1.29, 1.82) is 0 Å². The van der Waals surface area contributed by atoms with Gasteiger partial charge in [0, 0.05) is 23.5 Å². The Hall–Kier alpha value is -4.00. The minimum atomic E-state index is -0.487. The molecule has 0 aliphatic heterocycles. The molecule has 0 aliphatic rings. The summed E-state index contributed by atoms with van der Waals surface area (Å²) in [5, 5.41) is 16.5. The van der Waals surface area contributed by atoms with Crippen molar-refractivity contribution in [2.45, 2.75) is 0 Å². The molecule has 0 bridgehead atoms. The van der Waals surface area contributed by atoms with Crippen LogP contribution in [0.2, 0.25) is 0 Å². The molecule has 0 unspecified atom stereocenters. The largest absolute Gasteiger partial charge is 0.336 e. The first kappa shape index (κ1) is 17.8. The van der Waals surface area contributed by atoms with E-state index in [1.54, 1.807) is 24.3 Å². The Bertz CT molecular complexity index is 956. The number of nitro benzene ring substituents is 1. The van der Waals surface area contributed by atoms with Gasteiger partial charge in [-0.2, -0.15) is 0 Å². The molecule has 3 aromatic carbocycles. The van der Waals surface area contributed by atoms with Crippen molar-refractivity contribution in [2.24, 2.45) is 4.99 Å². The quantitative estimate of drug-likeness (QED) is 0.312. The number of anilines is 2. The van der Waals surface area contributed by atoms with Gasteiger partial charge in [0.2, 0.25) is 0 Å². The summed E-state index contributed by atoms with van der Waals surface area (Å²) in [4.78, 5) is 27.3. The molecule has 3 rings (SSSR count). The van der Waals surface area contributed by atoms with Gasteiger partial charge in [0.1, 0.15) is 0 Å². The average molecular weight is 360 g/mol. The Morgan fingerprint density at radius 1 is 0.778 bits per heavy atom. The van der Waals surface area contributed by atoms with E-state index in [0.717, 1.165) is 0 Å². The Kier molecular flexibility index (Phi) is 5.54. The predicted octanol–water partition coefficient (Wildman–Crippen LogP) is 4.38. The highest BCUT2D eigenvalue weighted by atomic mass is 16.6. The molecule has 0 heterocycles. The molecular weight excluding hydrogens is 344 g/mol. The summed E-state index contributed by atoms with van der Waals surface area (Å²) >= 11 is 0. The lowest BCUT2D eigenvalue weighted by atomic mass is 10.3. The molecule has 0 atom stereocenters. The molecule has 1 amide bonds. The SMILES string of the molecule is O=C(Nc1ccccc1)C(=Nc1ccc([N+](=O)[O-])cc1)Nc1ccccc1. The summed E-state index contributed by atoms with van der Waals surface area (Å²) in [5.74, 6) is -0.359. The van der Waals surface area contributed by atoms with Gasteiger partial charge >= 0.3 is 0 Å². The second kappa shape index (κ2) is 8.39. The molecule has 3 aromatic rings. The fourth-order valence-corrected chi connectivity index (χ4v) is 2.28. The molecule has 0 radical (unpaired) electrons. The normalized spacial score (nSPS) is 10.9. The number of carbonyl (C=O) groups excluding carboxylic acids is 1. The molecule has 7 heteroatoms. The number of amides is 1. The Morgan fingerprint density at radius 3 is 1.81 bits per heavy atom. The van der Waals surface area contributed by atoms with Gasteiger partial charge in [-0.05, 0) is 36.4 Å². The monoisotopic (exact) mass is 360 g/mol. The average Bonchev–Trinajstić information content (AvgIpc) is 2.69. The number of carbonyl (C=O) groups is 1. The maximum absolute atomic E-state index is 12.7. The first-order valence-corrected chi connectivity index (χ1v) is 8.13. The number of amidine groups is 1. The van der Waals surface area contributed by atoms with Crippen LogP contribution in [-0.2, 0) is 4.79 Å². The molecule has 27 heavy (non-hydrogen) atoms. The van der Waals surface area contributed by atoms with Crippen LogP contribution in [0.25, 0.3) is 0 Å². The van der Waals surface area contributed by atoms with Crippen molar-refractivity contribution in [1.82, 2.24) is 0 Å².